The Hall–Kier alpha value is -2.09. The van der Waals surface area contributed by atoms with E-state index in [1.165, 1.54) is 17.6 Å². The molecule has 6 nitrogen and oxygen atoms in total. The molecule has 0 aliphatic rings. The summed E-state index contributed by atoms with van der Waals surface area (Å²) >= 11 is 1.49. The number of carbonyl (C=O) groups excluding carboxylic acids is 1. The summed E-state index contributed by atoms with van der Waals surface area (Å²) in [6.07, 6.45) is 2.35. The van der Waals surface area contributed by atoms with E-state index in [4.69, 9.17) is 9.15 Å². The number of ether oxygens (including phenoxy) is 1. The summed E-state index contributed by atoms with van der Waals surface area (Å²) in [5, 5.41) is 0.670. The minimum Gasteiger partial charge on any atom is -0.497 e. The fourth-order valence-electron chi connectivity index (χ4n) is 2.50. The number of hydrogen-bond acceptors (Lipinski definition) is 6. The van der Waals surface area contributed by atoms with Gasteiger partial charge in [0.05, 0.1) is 23.6 Å². The third-order valence-electron chi connectivity index (χ3n) is 3.78. The summed E-state index contributed by atoms with van der Waals surface area (Å²) in [4.78, 5) is 21.3. The molecule has 0 radical (unpaired) electrons. The highest BCUT2D eigenvalue weighted by molar-refractivity contribution is 7.22. The molecule has 0 spiro atoms. The maximum Gasteiger partial charge on any atom is 0.295 e. The number of carbonyl (C=O) groups is 1. The monoisotopic (exact) mass is 395 g/mol. The Labute approximate surface area is 162 Å². The Balaban J connectivity index is 0.00000243. The molecule has 0 unspecified atom stereocenters. The summed E-state index contributed by atoms with van der Waals surface area (Å²) in [7, 11) is 5.66. The molecule has 0 aliphatic carbocycles. The highest BCUT2D eigenvalue weighted by Crippen LogP contribution is 2.32. The summed E-state index contributed by atoms with van der Waals surface area (Å²) < 4.78 is 11.6. The van der Waals surface area contributed by atoms with Crippen LogP contribution in [-0.4, -0.2) is 50.1 Å². The molecule has 0 atom stereocenters. The van der Waals surface area contributed by atoms with Gasteiger partial charge in [0.15, 0.2) is 10.9 Å². The second-order valence-corrected chi connectivity index (χ2v) is 6.93. The van der Waals surface area contributed by atoms with Crippen LogP contribution in [0.2, 0.25) is 0 Å². The number of hydrogen-bond donors (Lipinski definition) is 0. The minimum atomic E-state index is -0.172. The van der Waals surface area contributed by atoms with Crippen LogP contribution in [0.1, 0.15) is 17.0 Å². The van der Waals surface area contributed by atoms with Crippen LogP contribution in [0.5, 0.6) is 5.75 Å². The molecule has 3 aromatic rings. The van der Waals surface area contributed by atoms with Crippen molar-refractivity contribution in [3.8, 4) is 5.75 Å². The van der Waals surface area contributed by atoms with E-state index in [2.05, 4.69) is 9.88 Å². The van der Waals surface area contributed by atoms with Crippen LogP contribution in [0.4, 0.5) is 5.13 Å². The first-order chi connectivity index (χ1) is 12.1. The summed E-state index contributed by atoms with van der Waals surface area (Å²) in [5.74, 6) is 0.900. The van der Waals surface area contributed by atoms with Crippen molar-refractivity contribution >= 4 is 45.0 Å². The molecule has 3 rings (SSSR count). The highest BCUT2D eigenvalue weighted by Gasteiger charge is 2.23. The predicted molar refractivity (Wildman–Crippen MR) is 107 cm³/mol. The molecule has 1 aromatic carbocycles. The van der Waals surface area contributed by atoms with E-state index in [0.717, 1.165) is 28.9 Å². The van der Waals surface area contributed by atoms with E-state index in [-0.39, 0.29) is 18.3 Å². The molecule has 2 heterocycles. The van der Waals surface area contributed by atoms with Crippen molar-refractivity contribution < 1.29 is 13.9 Å². The number of furan rings is 1. The number of methoxy groups -OCH3 is 1. The van der Waals surface area contributed by atoms with Crippen LogP contribution in [0.15, 0.2) is 41.0 Å². The van der Waals surface area contributed by atoms with E-state index in [0.29, 0.717) is 17.4 Å². The van der Waals surface area contributed by atoms with E-state index in [1.54, 1.807) is 24.1 Å². The Morgan fingerprint density at radius 1 is 1.27 bits per heavy atom. The van der Waals surface area contributed by atoms with Gasteiger partial charge >= 0.3 is 0 Å². The number of halogens is 1. The van der Waals surface area contributed by atoms with Gasteiger partial charge in [-0.15, -0.1) is 12.4 Å². The van der Waals surface area contributed by atoms with E-state index in [1.807, 2.05) is 32.3 Å². The molecule has 0 saturated carbocycles. The van der Waals surface area contributed by atoms with Gasteiger partial charge in [0.1, 0.15) is 5.75 Å². The third-order valence-corrected chi connectivity index (χ3v) is 4.84. The number of fused-ring (bicyclic) bond motifs is 1. The molecular weight excluding hydrogens is 374 g/mol. The topological polar surface area (TPSA) is 58.8 Å². The Kier molecular flexibility index (Phi) is 7.02. The molecule has 1 amide bonds. The lowest BCUT2D eigenvalue weighted by Gasteiger charge is -2.19. The fraction of sp³-hybridized carbons (Fsp3) is 0.333. The van der Waals surface area contributed by atoms with Crippen molar-refractivity contribution in [2.75, 3.05) is 39.2 Å². The van der Waals surface area contributed by atoms with Gasteiger partial charge in [-0.05, 0) is 51.3 Å². The molecule has 0 bridgehead atoms. The number of aromatic nitrogens is 1. The Bertz CT molecular complexity index is 849. The maximum atomic E-state index is 12.8. The molecule has 0 aliphatic heterocycles. The third kappa shape index (κ3) is 4.55. The second-order valence-electron chi connectivity index (χ2n) is 5.92. The molecule has 2 aromatic heterocycles. The fourth-order valence-corrected chi connectivity index (χ4v) is 3.47. The standard InChI is InChI=1S/C18H21N3O3S.ClH/c1-20(2)9-5-10-21(17(22)15-6-4-11-24-15)18-19-14-12-13(23-3)7-8-16(14)25-18;/h4,6-8,11-12H,5,9-10H2,1-3H3;1H. The van der Waals surface area contributed by atoms with Gasteiger partial charge in [-0.1, -0.05) is 11.3 Å². The lowest BCUT2D eigenvalue weighted by molar-refractivity contribution is 0.0959. The normalized spacial score (nSPS) is 10.8. The first-order valence-electron chi connectivity index (χ1n) is 8.03. The number of benzene rings is 1. The number of amides is 1. The number of thiazole rings is 1. The van der Waals surface area contributed by atoms with E-state index < -0.39 is 0 Å². The quantitative estimate of drug-likeness (QED) is 0.606. The van der Waals surface area contributed by atoms with Crippen LogP contribution in [0, 0.1) is 0 Å². The summed E-state index contributed by atoms with van der Waals surface area (Å²) in [6.45, 7) is 1.47. The zero-order valence-corrected chi connectivity index (χ0v) is 16.6. The van der Waals surface area contributed by atoms with Crippen molar-refractivity contribution in [2.45, 2.75) is 6.42 Å². The molecular formula is C18H22ClN3O3S. The highest BCUT2D eigenvalue weighted by atomic mass is 35.5. The first kappa shape index (κ1) is 20.2. The summed E-state index contributed by atoms with van der Waals surface area (Å²) in [5.41, 5.74) is 0.823. The smallest absolute Gasteiger partial charge is 0.295 e. The van der Waals surface area contributed by atoms with Crippen LogP contribution in [0.3, 0.4) is 0 Å². The number of rotatable bonds is 7. The van der Waals surface area contributed by atoms with Gasteiger partial charge < -0.3 is 14.1 Å². The van der Waals surface area contributed by atoms with Gasteiger partial charge in [0, 0.05) is 12.6 Å². The lowest BCUT2D eigenvalue weighted by Crippen LogP contribution is -2.33. The number of nitrogens with zero attached hydrogens (tertiary/aromatic N) is 3. The molecule has 8 heteroatoms. The van der Waals surface area contributed by atoms with Crippen LogP contribution >= 0.6 is 23.7 Å². The molecule has 0 saturated heterocycles. The average Bonchev–Trinajstić information content (AvgIpc) is 3.26. The van der Waals surface area contributed by atoms with Crippen molar-refractivity contribution in [3.05, 3.63) is 42.4 Å². The van der Waals surface area contributed by atoms with Gasteiger partial charge in [-0.25, -0.2) is 4.98 Å². The Morgan fingerprint density at radius 3 is 2.73 bits per heavy atom. The minimum absolute atomic E-state index is 0. The largest absolute Gasteiger partial charge is 0.497 e. The first-order valence-corrected chi connectivity index (χ1v) is 8.85. The van der Waals surface area contributed by atoms with Crippen molar-refractivity contribution in [1.29, 1.82) is 0 Å². The Morgan fingerprint density at radius 2 is 2.08 bits per heavy atom. The van der Waals surface area contributed by atoms with Crippen LogP contribution in [0.25, 0.3) is 10.2 Å². The zero-order valence-electron chi connectivity index (χ0n) is 15.0. The lowest BCUT2D eigenvalue weighted by atomic mass is 10.3. The van der Waals surface area contributed by atoms with Crippen LogP contribution in [-0.2, 0) is 0 Å². The summed E-state index contributed by atoms with van der Waals surface area (Å²) in [6, 6.07) is 9.14. The van der Waals surface area contributed by atoms with Gasteiger partial charge in [0.25, 0.3) is 5.91 Å². The van der Waals surface area contributed by atoms with Gasteiger partial charge in [-0.3, -0.25) is 9.69 Å². The van der Waals surface area contributed by atoms with Crippen molar-refractivity contribution in [2.24, 2.45) is 0 Å². The van der Waals surface area contributed by atoms with Crippen molar-refractivity contribution in [3.63, 3.8) is 0 Å². The van der Waals surface area contributed by atoms with E-state index >= 15 is 0 Å². The van der Waals surface area contributed by atoms with Crippen LogP contribution < -0.4 is 9.64 Å². The van der Waals surface area contributed by atoms with Gasteiger partial charge in [-0.2, -0.15) is 0 Å². The molecule has 140 valence electrons. The number of anilines is 1. The molecule has 0 fully saturated rings. The predicted octanol–water partition coefficient (Wildman–Crippen LogP) is 3.92. The van der Waals surface area contributed by atoms with Crippen molar-refractivity contribution in [1.82, 2.24) is 9.88 Å². The van der Waals surface area contributed by atoms with Gasteiger partial charge in [0.2, 0.25) is 0 Å². The second kappa shape index (κ2) is 9.02. The average molecular weight is 396 g/mol. The molecule has 26 heavy (non-hydrogen) atoms. The zero-order chi connectivity index (χ0) is 17.8. The van der Waals surface area contributed by atoms with E-state index in [9.17, 15) is 4.79 Å². The molecule has 0 N–H and O–H groups in total. The maximum absolute atomic E-state index is 12.8. The SMILES string of the molecule is COc1ccc2sc(N(CCCN(C)C)C(=O)c3ccco3)nc2c1.Cl.